The Labute approximate surface area is 174 Å². The number of rotatable bonds is 6. The van der Waals surface area contributed by atoms with Gasteiger partial charge in [-0.1, -0.05) is 49.6 Å². The molecule has 2 aromatic carbocycles. The highest BCUT2D eigenvalue weighted by atomic mass is 16.2. The third kappa shape index (κ3) is 4.89. The van der Waals surface area contributed by atoms with Gasteiger partial charge in [0.25, 0.3) is 5.91 Å². The number of amides is 2. The molecule has 1 fully saturated rings. The van der Waals surface area contributed by atoms with Crippen molar-refractivity contribution in [3.63, 3.8) is 0 Å². The molecule has 154 valence electrons. The zero-order chi connectivity index (χ0) is 20.8. The van der Waals surface area contributed by atoms with Crippen LogP contribution < -0.4 is 10.6 Å². The van der Waals surface area contributed by atoms with Crippen LogP contribution in [-0.4, -0.2) is 38.1 Å². The summed E-state index contributed by atoms with van der Waals surface area (Å²) in [5.74, 6) is 0.0169. The Hall–Kier alpha value is -3.55. The predicted molar refractivity (Wildman–Crippen MR) is 113 cm³/mol. The molecular formula is C22H24N6O2. The van der Waals surface area contributed by atoms with Crippen LogP contribution in [0.5, 0.6) is 0 Å². The Kier molecular flexibility index (Phi) is 6.12. The molecule has 1 aliphatic rings. The summed E-state index contributed by atoms with van der Waals surface area (Å²) >= 11 is 0. The van der Waals surface area contributed by atoms with Gasteiger partial charge in [-0.3, -0.25) is 9.59 Å². The van der Waals surface area contributed by atoms with Crippen LogP contribution in [-0.2, 0) is 11.3 Å². The molecule has 0 aliphatic heterocycles. The summed E-state index contributed by atoms with van der Waals surface area (Å²) in [5.41, 5.74) is 1.78. The van der Waals surface area contributed by atoms with Crippen molar-refractivity contribution in [3.8, 4) is 11.4 Å². The molecule has 2 N–H and O–H groups in total. The van der Waals surface area contributed by atoms with E-state index in [4.69, 9.17) is 0 Å². The first-order valence-electron chi connectivity index (χ1n) is 10.2. The Bertz CT molecular complexity index is 1010. The lowest BCUT2D eigenvalue weighted by Gasteiger charge is -2.22. The van der Waals surface area contributed by atoms with E-state index in [1.807, 2.05) is 36.4 Å². The molecular weight excluding hydrogens is 380 g/mol. The summed E-state index contributed by atoms with van der Waals surface area (Å²) in [6.45, 7) is 0.0159. The highest BCUT2D eigenvalue weighted by Gasteiger charge is 2.18. The van der Waals surface area contributed by atoms with Crippen molar-refractivity contribution < 1.29 is 9.59 Å². The maximum Gasteiger partial charge on any atom is 0.255 e. The van der Waals surface area contributed by atoms with Crippen molar-refractivity contribution in [2.24, 2.45) is 0 Å². The number of benzene rings is 2. The number of para-hydroxylation sites is 1. The quantitative estimate of drug-likeness (QED) is 0.657. The van der Waals surface area contributed by atoms with Crippen LogP contribution in [0.2, 0.25) is 0 Å². The summed E-state index contributed by atoms with van der Waals surface area (Å²) in [4.78, 5) is 26.1. The molecule has 0 saturated heterocycles. The van der Waals surface area contributed by atoms with E-state index in [-0.39, 0.29) is 24.4 Å². The fraction of sp³-hybridized carbons (Fsp3) is 0.318. The highest BCUT2D eigenvalue weighted by Crippen LogP contribution is 2.25. The minimum atomic E-state index is -0.220. The van der Waals surface area contributed by atoms with Gasteiger partial charge in [-0.05, 0) is 42.3 Å². The van der Waals surface area contributed by atoms with Crippen molar-refractivity contribution >= 4 is 17.5 Å². The predicted octanol–water partition coefficient (Wildman–Crippen LogP) is 3.04. The molecule has 2 amide bonds. The molecule has 8 nitrogen and oxygen atoms in total. The average molecular weight is 404 g/mol. The van der Waals surface area contributed by atoms with Crippen molar-refractivity contribution in [1.82, 2.24) is 25.5 Å². The van der Waals surface area contributed by atoms with E-state index in [0.717, 1.165) is 25.7 Å². The minimum absolute atomic E-state index is 0.0159. The van der Waals surface area contributed by atoms with Gasteiger partial charge in [0.2, 0.25) is 11.7 Å². The normalized spacial score (nSPS) is 14.3. The van der Waals surface area contributed by atoms with Gasteiger partial charge in [-0.15, -0.1) is 10.2 Å². The summed E-state index contributed by atoms with van der Waals surface area (Å²) < 4.78 is 0. The van der Waals surface area contributed by atoms with Crippen LogP contribution in [0.1, 0.15) is 42.5 Å². The van der Waals surface area contributed by atoms with E-state index in [9.17, 15) is 9.59 Å². The Morgan fingerprint density at radius 1 is 0.967 bits per heavy atom. The number of hydrogen-bond acceptors (Lipinski definition) is 5. The van der Waals surface area contributed by atoms with E-state index >= 15 is 0 Å². The number of anilines is 1. The number of carbonyl (C=O) groups excluding carboxylic acids is 2. The number of nitrogens with zero attached hydrogens (tertiary/aromatic N) is 4. The molecule has 0 atom stereocenters. The molecule has 1 aliphatic carbocycles. The zero-order valence-electron chi connectivity index (χ0n) is 16.6. The summed E-state index contributed by atoms with van der Waals surface area (Å²) in [6, 6.07) is 16.5. The lowest BCUT2D eigenvalue weighted by molar-refractivity contribution is -0.123. The number of hydrogen-bond donors (Lipinski definition) is 2. The first-order chi connectivity index (χ1) is 14.7. The van der Waals surface area contributed by atoms with Crippen LogP contribution in [0.15, 0.2) is 54.6 Å². The smallest absolute Gasteiger partial charge is 0.255 e. The van der Waals surface area contributed by atoms with Crippen molar-refractivity contribution in [3.05, 3.63) is 60.2 Å². The van der Waals surface area contributed by atoms with Gasteiger partial charge in [-0.2, -0.15) is 4.80 Å². The monoisotopic (exact) mass is 404 g/mol. The molecule has 1 heterocycles. The lowest BCUT2D eigenvalue weighted by atomic mass is 9.95. The number of aromatic nitrogens is 4. The fourth-order valence-electron chi connectivity index (χ4n) is 3.64. The Morgan fingerprint density at radius 3 is 2.50 bits per heavy atom. The fourth-order valence-corrected chi connectivity index (χ4v) is 3.64. The average Bonchev–Trinajstić information content (AvgIpc) is 3.23. The molecule has 0 spiro atoms. The van der Waals surface area contributed by atoms with Crippen molar-refractivity contribution in [2.45, 2.75) is 44.7 Å². The second-order valence-electron chi connectivity index (χ2n) is 7.41. The molecule has 8 heteroatoms. The molecule has 4 rings (SSSR count). The second-order valence-corrected chi connectivity index (χ2v) is 7.41. The largest absolute Gasteiger partial charge is 0.352 e. The first-order valence-corrected chi connectivity index (χ1v) is 10.2. The standard InChI is InChI=1S/C22H24N6O2/c29-20(23-17-11-5-2-6-12-17)15-28-26-21(25-27-28)18-13-7-8-14-19(18)24-22(30)16-9-3-1-4-10-16/h1,3-4,7-10,13-14,17H,2,5-6,11-12,15H2,(H,23,29)(H,24,30). The van der Waals surface area contributed by atoms with E-state index in [0.29, 0.717) is 22.6 Å². The van der Waals surface area contributed by atoms with Crippen LogP contribution in [0.4, 0.5) is 5.69 Å². The topological polar surface area (TPSA) is 102 Å². The number of nitrogens with one attached hydrogen (secondary N) is 2. The molecule has 3 aromatic rings. The van der Waals surface area contributed by atoms with E-state index in [2.05, 4.69) is 26.0 Å². The van der Waals surface area contributed by atoms with Gasteiger partial charge in [0, 0.05) is 17.2 Å². The van der Waals surface area contributed by atoms with Crippen LogP contribution >= 0.6 is 0 Å². The van der Waals surface area contributed by atoms with Crippen molar-refractivity contribution in [1.29, 1.82) is 0 Å². The van der Waals surface area contributed by atoms with Gasteiger partial charge in [-0.25, -0.2) is 0 Å². The molecule has 30 heavy (non-hydrogen) atoms. The van der Waals surface area contributed by atoms with Crippen LogP contribution in [0.25, 0.3) is 11.4 Å². The Morgan fingerprint density at radius 2 is 1.70 bits per heavy atom. The van der Waals surface area contributed by atoms with Crippen LogP contribution in [0, 0.1) is 0 Å². The summed E-state index contributed by atoms with van der Waals surface area (Å²) in [5, 5.41) is 18.4. The maximum absolute atomic E-state index is 12.5. The van der Waals surface area contributed by atoms with Gasteiger partial charge in [0.15, 0.2) is 0 Å². The molecule has 0 bridgehead atoms. The number of carbonyl (C=O) groups is 2. The summed E-state index contributed by atoms with van der Waals surface area (Å²) in [7, 11) is 0. The van der Waals surface area contributed by atoms with Gasteiger partial charge >= 0.3 is 0 Å². The van der Waals surface area contributed by atoms with E-state index in [1.165, 1.54) is 11.2 Å². The highest BCUT2D eigenvalue weighted by molar-refractivity contribution is 6.05. The van der Waals surface area contributed by atoms with E-state index in [1.54, 1.807) is 18.2 Å². The van der Waals surface area contributed by atoms with Crippen molar-refractivity contribution in [2.75, 3.05) is 5.32 Å². The van der Waals surface area contributed by atoms with Gasteiger partial charge in [0.05, 0.1) is 5.69 Å². The Balaban J connectivity index is 1.44. The first kappa shape index (κ1) is 19.8. The number of tetrazole rings is 1. The minimum Gasteiger partial charge on any atom is -0.352 e. The molecule has 0 radical (unpaired) electrons. The maximum atomic E-state index is 12.5. The van der Waals surface area contributed by atoms with E-state index < -0.39 is 0 Å². The lowest BCUT2D eigenvalue weighted by Crippen LogP contribution is -2.38. The molecule has 0 unspecified atom stereocenters. The van der Waals surface area contributed by atoms with Gasteiger partial charge in [0.1, 0.15) is 6.54 Å². The van der Waals surface area contributed by atoms with Crippen LogP contribution in [0.3, 0.4) is 0 Å². The third-order valence-electron chi connectivity index (χ3n) is 5.16. The summed E-state index contributed by atoms with van der Waals surface area (Å²) in [6.07, 6.45) is 5.59. The third-order valence-corrected chi connectivity index (χ3v) is 5.16. The zero-order valence-corrected chi connectivity index (χ0v) is 16.6. The van der Waals surface area contributed by atoms with Gasteiger partial charge < -0.3 is 10.6 Å². The SMILES string of the molecule is O=C(Cn1nnc(-c2ccccc2NC(=O)c2ccccc2)n1)NC1CCCCC1. The second kappa shape index (κ2) is 9.30. The molecule has 1 aromatic heterocycles. The molecule has 1 saturated carbocycles.